The summed E-state index contributed by atoms with van der Waals surface area (Å²) in [5.74, 6) is -0.0671. The molecular formula is C14H13NOS. The van der Waals surface area contributed by atoms with Gasteiger partial charge >= 0.3 is 0 Å². The van der Waals surface area contributed by atoms with Crippen LogP contribution in [0.2, 0.25) is 0 Å². The molecule has 0 spiro atoms. The predicted octanol–water partition coefficient (Wildman–Crippen LogP) is 3.43. The Morgan fingerprint density at radius 3 is 2.53 bits per heavy atom. The summed E-state index contributed by atoms with van der Waals surface area (Å²) in [6.07, 6.45) is 0. The second-order valence-electron chi connectivity index (χ2n) is 3.72. The third-order valence-corrected chi connectivity index (χ3v) is 3.08. The number of hydrogen-bond donors (Lipinski definition) is 1. The first-order chi connectivity index (χ1) is 8.25. The maximum Gasteiger partial charge on any atom is 0.261 e. The van der Waals surface area contributed by atoms with Crippen molar-refractivity contribution >= 4 is 17.9 Å². The molecule has 0 aliphatic heterocycles. The van der Waals surface area contributed by atoms with Crippen molar-refractivity contribution in [2.24, 2.45) is 0 Å². The van der Waals surface area contributed by atoms with Gasteiger partial charge in [-0.15, -0.1) is 0 Å². The van der Waals surface area contributed by atoms with Gasteiger partial charge in [-0.1, -0.05) is 35.9 Å². The summed E-state index contributed by atoms with van der Waals surface area (Å²) in [5.41, 5.74) is 1.77. The number of amides is 1. The SMILES string of the molecule is Cc1cccc(C(=O)NSc2ccccc2)c1. The first-order valence-corrected chi connectivity index (χ1v) is 6.16. The van der Waals surface area contributed by atoms with Crippen molar-refractivity contribution in [2.45, 2.75) is 11.8 Å². The van der Waals surface area contributed by atoms with Crippen LogP contribution < -0.4 is 4.72 Å². The fraction of sp³-hybridized carbons (Fsp3) is 0.0714. The van der Waals surface area contributed by atoms with Crippen molar-refractivity contribution in [1.29, 1.82) is 0 Å². The van der Waals surface area contributed by atoms with E-state index >= 15 is 0 Å². The summed E-state index contributed by atoms with van der Waals surface area (Å²) in [6.45, 7) is 1.97. The summed E-state index contributed by atoms with van der Waals surface area (Å²) >= 11 is 1.33. The molecule has 1 amide bonds. The molecule has 0 heterocycles. The van der Waals surface area contributed by atoms with Gasteiger partial charge in [0.2, 0.25) is 0 Å². The Hall–Kier alpha value is -1.74. The standard InChI is InChI=1S/C14H13NOS/c1-11-6-5-7-12(10-11)14(16)15-17-13-8-3-2-4-9-13/h2-10H,1H3,(H,15,16). The molecule has 1 N–H and O–H groups in total. The zero-order chi connectivity index (χ0) is 12.1. The molecule has 2 aromatic carbocycles. The molecule has 0 saturated carbocycles. The minimum Gasteiger partial charge on any atom is -0.292 e. The molecule has 0 radical (unpaired) electrons. The van der Waals surface area contributed by atoms with Crippen molar-refractivity contribution in [1.82, 2.24) is 4.72 Å². The zero-order valence-electron chi connectivity index (χ0n) is 9.51. The quantitative estimate of drug-likeness (QED) is 0.837. The minimum absolute atomic E-state index is 0.0671. The van der Waals surface area contributed by atoms with Gasteiger partial charge in [0.15, 0.2) is 0 Å². The van der Waals surface area contributed by atoms with E-state index in [2.05, 4.69) is 4.72 Å². The summed E-state index contributed by atoms with van der Waals surface area (Å²) < 4.78 is 2.82. The molecule has 17 heavy (non-hydrogen) atoms. The molecule has 0 atom stereocenters. The normalized spacial score (nSPS) is 9.94. The van der Waals surface area contributed by atoms with Crippen molar-refractivity contribution in [3.05, 3.63) is 65.7 Å². The number of benzene rings is 2. The van der Waals surface area contributed by atoms with E-state index in [1.165, 1.54) is 11.9 Å². The Labute approximate surface area is 105 Å². The van der Waals surface area contributed by atoms with Crippen LogP contribution in [-0.4, -0.2) is 5.91 Å². The molecule has 0 aliphatic carbocycles. The highest BCUT2D eigenvalue weighted by atomic mass is 32.2. The van der Waals surface area contributed by atoms with Crippen LogP contribution in [0.5, 0.6) is 0 Å². The Morgan fingerprint density at radius 2 is 1.82 bits per heavy atom. The van der Waals surface area contributed by atoms with Gasteiger partial charge in [0, 0.05) is 10.5 Å². The number of nitrogens with one attached hydrogen (secondary N) is 1. The molecule has 2 nitrogen and oxygen atoms in total. The van der Waals surface area contributed by atoms with Gasteiger partial charge < -0.3 is 0 Å². The molecule has 0 unspecified atom stereocenters. The highest BCUT2D eigenvalue weighted by Gasteiger charge is 2.05. The molecule has 0 bridgehead atoms. The second-order valence-corrected chi connectivity index (χ2v) is 4.60. The number of carbonyl (C=O) groups is 1. The fourth-order valence-corrected chi connectivity index (χ4v) is 2.06. The molecule has 2 rings (SSSR count). The molecule has 0 fully saturated rings. The molecule has 86 valence electrons. The van der Waals surface area contributed by atoms with Gasteiger partial charge in [0.05, 0.1) is 0 Å². The molecule has 0 aromatic heterocycles. The highest BCUT2D eigenvalue weighted by Crippen LogP contribution is 2.14. The molecule has 3 heteroatoms. The van der Waals surface area contributed by atoms with E-state index < -0.39 is 0 Å². The van der Waals surface area contributed by atoms with Crippen LogP contribution >= 0.6 is 11.9 Å². The summed E-state index contributed by atoms with van der Waals surface area (Å²) in [5, 5.41) is 0. The fourth-order valence-electron chi connectivity index (χ4n) is 1.44. The van der Waals surface area contributed by atoms with Crippen LogP contribution in [0.15, 0.2) is 59.5 Å². The highest BCUT2D eigenvalue weighted by molar-refractivity contribution is 7.98. The maximum absolute atomic E-state index is 11.8. The van der Waals surface area contributed by atoms with Gasteiger partial charge in [-0.25, -0.2) is 0 Å². The van der Waals surface area contributed by atoms with Crippen molar-refractivity contribution < 1.29 is 4.79 Å². The average Bonchev–Trinajstić information content (AvgIpc) is 2.37. The zero-order valence-corrected chi connectivity index (χ0v) is 10.3. The lowest BCUT2D eigenvalue weighted by atomic mass is 10.1. The number of aryl methyl sites for hydroxylation is 1. The van der Waals surface area contributed by atoms with Crippen molar-refractivity contribution in [3.8, 4) is 0 Å². The van der Waals surface area contributed by atoms with E-state index in [4.69, 9.17) is 0 Å². The Bertz CT molecular complexity index is 511. The molecule has 2 aromatic rings. The van der Waals surface area contributed by atoms with E-state index in [1.807, 2.05) is 61.5 Å². The van der Waals surface area contributed by atoms with Crippen LogP contribution in [0.4, 0.5) is 0 Å². The number of rotatable bonds is 3. The number of hydrogen-bond acceptors (Lipinski definition) is 2. The Kier molecular flexibility index (Phi) is 3.83. The van der Waals surface area contributed by atoms with Crippen LogP contribution in [0, 0.1) is 6.92 Å². The van der Waals surface area contributed by atoms with E-state index in [-0.39, 0.29) is 5.91 Å². The van der Waals surface area contributed by atoms with Gasteiger partial charge in [-0.3, -0.25) is 9.52 Å². The summed E-state index contributed by atoms with van der Waals surface area (Å²) in [7, 11) is 0. The van der Waals surface area contributed by atoms with Crippen LogP contribution in [0.1, 0.15) is 15.9 Å². The first-order valence-electron chi connectivity index (χ1n) is 5.34. The van der Waals surface area contributed by atoms with Crippen LogP contribution in [-0.2, 0) is 0 Å². The lowest BCUT2D eigenvalue weighted by Gasteiger charge is -2.04. The topological polar surface area (TPSA) is 29.1 Å². The van der Waals surface area contributed by atoms with Gasteiger partial charge in [-0.05, 0) is 43.1 Å². The third kappa shape index (κ3) is 3.36. The summed E-state index contributed by atoms with van der Waals surface area (Å²) in [6, 6.07) is 17.3. The first kappa shape index (κ1) is 11.7. The van der Waals surface area contributed by atoms with Crippen LogP contribution in [0.3, 0.4) is 0 Å². The lowest BCUT2D eigenvalue weighted by Crippen LogP contribution is -2.15. The van der Waals surface area contributed by atoms with Gasteiger partial charge in [0.25, 0.3) is 5.91 Å². The third-order valence-electron chi connectivity index (χ3n) is 2.29. The van der Waals surface area contributed by atoms with Crippen molar-refractivity contribution in [2.75, 3.05) is 0 Å². The minimum atomic E-state index is -0.0671. The molecular weight excluding hydrogens is 230 g/mol. The molecule has 0 aliphatic rings. The van der Waals surface area contributed by atoms with E-state index in [1.54, 1.807) is 0 Å². The maximum atomic E-state index is 11.8. The smallest absolute Gasteiger partial charge is 0.261 e. The monoisotopic (exact) mass is 243 g/mol. The lowest BCUT2D eigenvalue weighted by molar-refractivity contribution is 0.0984. The second kappa shape index (κ2) is 5.55. The number of carbonyl (C=O) groups excluding carboxylic acids is 1. The predicted molar refractivity (Wildman–Crippen MR) is 70.9 cm³/mol. The van der Waals surface area contributed by atoms with E-state index in [0.717, 1.165) is 10.5 Å². The van der Waals surface area contributed by atoms with Gasteiger partial charge in [-0.2, -0.15) is 0 Å². The Morgan fingerprint density at radius 1 is 1.06 bits per heavy atom. The largest absolute Gasteiger partial charge is 0.292 e. The van der Waals surface area contributed by atoms with Crippen molar-refractivity contribution in [3.63, 3.8) is 0 Å². The van der Waals surface area contributed by atoms with Crippen LogP contribution in [0.25, 0.3) is 0 Å². The molecule has 0 saturated heterocycles. The average molecular weight is 243 g/mol. The van der Waals surface area contributed by atoms with E-state index in [9.17, 15) is 4.79 Å². The summed E-state index contributed by atoms with van der Waals surface area (Å²) in [4.78, 5) is 12.9. The van der Waals surface area contributed by atoms with Gasteiger partial charge in [0.1, 0.15) is 0 Å². The Balaban J connectivity index is 1.98. The van der Waals surface area contributed by atoms with E-state index in [0.29, 0.717) is 5.56 Å².